The van der Waals surface area contributed by atoms with Crippen LogP contribution in [0.5, 0.6) is 5.75 Å². The first-order chi connectivity index (χ1) is 10.2. The number of halogens is 2. The zero-order valence-electron chi connectivity index (χ0n) is 11.8. The number of hydrogen-bond acceptors (Lipinski definition) is 2. The van der Waals surface area contributed by atoms with Crippen LogP contribution in [0.3, 0.4) is 0 Å². The molecule has 0 radical (unpaired) electrons. The van der Waals surface area contributed by atoms with E-state index in [-0.39, 0.29) is 0 Å². The van der Waals surface area contributed by atoms with Gasteiger partial charge in [-0.2, -0.15) is 0 Å². The molecule has 2 aromatic rings. The topological polar surface area (TPSA) is 21.3 Å². The van der Waals surface area contributed by atoms with Gasteiger partial charge >= 0.3 is 0 Å². The first-order valence-electron chi connectivity index (χ1n) is 7.03. The number of aryl methyl sites for hydroxylation is 1. The fraction of sp³-hybridized carbons (Fsp3) is 0.294. The van der Waals surface area contributed by atoms with Crippen molar-refractivity contribution in [1.82, 2.24) is 0 Å². The molecule has 0 aromatic heterocycles. The molecule has 21 heavy (non-hydrogen) atoms. The molecule has 1 N–H and O–H groups in total. The summed E-state index contributed by atoms with van der Waals surface area (Å²) in [6.45, 7) is 0. The Balaban J connectivity index is 1.76. The van der Waals surface area contributed by atoms with Crippen LogP contribution in [0.25, 0.3) is 0 Å². The molecule has 0 saturated heterocycles. The van der Waals surface area contributed by atoms with Crippen LogP contribution < -0.4 is 10.1 Å². The van der Waals surface area contributed by atoms with Crippen LogP contribution in [0, 0.1) is 0 Å². The van der Waals surface area contributed by atoms with Gasteiger partial charge in [0.1, 0.15) is 5.75 Å². The first kappa shape index (κ1) is 14.9. The molecule has 1 unspecified atom stereocenters. The van der Waals surface area contributed by atoms with Crippen LogP contribution >= 0.6 is 31.9 Å². The van der Waals surface area contributed by atoms with Crippen molar-refractivity contribution in [3.63, 3.8) is 0 Å². The highest BCUT2D eigenvalue weighted by molar-refractivity contribution is 9.11. The molecular weight excluding hydrogens is 394 g/mol. The minimum absolute atomic E-state index is 0.460. The zero-order chi connectivity index (χ0) is 14.8. The molecule has 0 fully saturated rings. The van der Waals surface area contributed by atoms with Crippen LogP contribution in [0.4, 0.5) is 5.69 Å². The largest absolute Gasteiger partial charge is 0.497 e. The molecule has 0 spiro atoms. The molecule has 0 bridgehead atoms. The summed E-state index contributed by atoms with van der Waals surface area (Å²) in [5, 5.41) is 3.65. The molecular formula is C17H17Br2NO. The Morgan fingerprint density at radius 1 is 1.10 bits per heavy atom. The monoisotopic (exact) mass is 409 g/mol. The maximum atomic E-state index is 5.33. The lowest BCUT2D eigenvalue weighted by Gasteiger charge is -2.27. The van der Waals surface area contributed by atoms with Crippen molar-refractivity contribution in [3.8, 4) is 5.75 Å². The lowest BCUT2D eigenvalue weighted by molar-refractivity contribution is 0.413. The van der Waals surface area contributed by atoms with Crippen LogP contribution in [0.1, 0.15) is 17.5 Å². The fourth-order valence-corrected chi connectivity index (χ4v) is 3.97. The normalized spacial score (nSPS) is 17.2. The van der Waals surface area contributed by atoms with E-state index in [0.29, 0.717) is 6.04 Å². The first-order valence-corrected chi connectivity index (χ1v) is 8.61. The standard InChI is InChI=1S/C17H17Br2NO/c1-21-15-6-3-11-2-5-14(8-12(11)9-15)20-17-7-4-13(18)10-16(17)19/h3-4,6-7,9-10,14,20H,2,5,8H2,1H3. The Hall–Kier alpha value is -1.000. The molecule has 2 nitrogen and oxygen atoms in total. The van der Waals surface area contributed by atoms with Crippen molar-refractivity contribution in [2.75, 3.05) is 12.4 Å². The van der Waals surface area contributed by atoms with Gasteiger partial charge in [-0.05, 0) is 76.7 Å². The summed E-state index contributed by atoms with van der Waals surface area (Å²) < 4.78 is 7.51. The van der Waals surface area contributed by atoms with Crippen LogP contribution in [0.15, 0.2) is 45.3 Å². The molecule has 0 aliphatic heterocycles. The highest BCUT2D eigenvalue weighted by Crippen LogP contribution is 2.30. The lowest BCUT2D eigenvalue weighted by atomic mass is 9.88. The molecule has 3 rings (SSSR count). The second-order valence-corrected chi connectivity index (χ2v) is 7.11. The quantitative estimate of drug-likeness (QED) is 0.751. The third-order valence-corrected chi connectivity index (χ3v) is 5.08. The number of ether oxygens (including phenoxy) is 1. The molecule has 1 aliphatic rings. The highest BCUT2D eigenvalue weighted by atomic mass is 79.9. The van der Waals surface area contributed by atoms with E-state index in [2.05, 4.69) is 73.6 Å². The van der Waals surface area contributed by atoms with Gasteiger partial charge in [0.2, 0.25) is 0 Å². The second-order valence-electron chi connectivity index (χ2n) is 5.34. The Kier molecular flexibility index (Phi) is 4.55. The molecule has 110 valence electrons. The number of methoxy groups -OCH3 is 1. The Labute approximate surface area is 142 Å². The molecule has 4 heteroatoms. The number of fused-ring (bicyclic) bond motifs is 1. The highest BCUT2D eigenvalue weighted by Gasteiger charge is 2.19. The lowest BCUT2D eigenvalue weighted by Crippen LogP contribution is -2.27. The van der Waals surface area contributed by atoms with E-state index in [1.807, 2.05) is 0 Å². The predicted octanol–water partition coefficient (Wildman–Crippen LogP) is 5.19. The molecule has 0 amide bonds. The van der Waals surface area contributed by atoms with E-state index in [1.165, 1.54) is 11.1 Å². The van der Waals surface area contributed by atoms with Crippen molar-refractivity contribution in [1.29, 1.82) is 0 Å². The maximum absolute atomic E-state index is 5.33. The number of rotatable bonds is 3. The SMILES string of the molecule is COc1ccc2c(c1)CC(Nc1ccc(Br)cc1Br)CC2. The summed E-state index contributed by atoms with van der Waals surface area (Å²) in [7, 11) is 1.72. The predicted molar refractivity (Wildman–Crippen MR) is 94.3 cm³/mol. The van der Waals surface area contributed by atoms with Crippen molar-refractivity contribution in [2.45, 2.75) is 25.3 Å². The van der Waals surface area contributed by atoms with Crippen LogP contribution in [0.2, 0.25) is 0 Å². The minimum atomic E-state index is 0.460. The summed E-state index contributed by atoms with van der Waals surface area (Å²) in [6, 6.07) is 13.1. The molecule has 1 atom stereocenters. The van der Waals surface area contributed by atoms with Gasteiger partial charge in [-0.3, -0.25) is 0 Å². The zero-order valence-corrected chi connectivity index (χ0v) is 15.0. The van der Waals surface area contributed by atoms with Gasteiger partial charge in [-0.1, -0.05) is 22.0 Å². The summed E-state index contributed by atoms with van der Waals surface area (Å²) >= 11 is 7.10. The number of nitrogens with one attached hydrogen (secondary N) is 1. The van der Waals surface area contributed by atoms with E-state index < -0.39 is 0 Å². The second kappa shape index (κ2) is 6.41. The van der Waals surface area contributed by atoms with E-state index in [0.717, 1.165) is 39.6 Å². The third-order valence-electron chi connectivity index (χ3n) is 3.93. The van der Waals surface area contributed by atoms with Crippen LogP contribution in [-0.4, -0.2) is 13.2 Å². The van der Waals surface area contributed by atoms with Gasteiger partial charge in [0.05, 0.1) is 7.11 Å². The molecule has 0 saturated carbocycles. The van der Waals surface area contributed by atoms with Crippen molar-refractivity contribution in [2.24, 2.45) is 0 Å². The Bertz CT molecular complexity index is 657. The van der Waals surface area contributed by atoms with Gasteiger partial charge in [-0.15, -0.1) is 0 Å². The Morgan fingerprint density at radius 2 is 1.95 bits per heavy atom. The average molecular weight is 411 g/mol. The number of hydrogen-bond donors (Lipinski definition) is 1. The minimum Gasteiger partial charge on any atom is -0.497 e. The maximum Gasteiger partial charge on any atom is 0.119 e. The third kappa shape index (κ3) is 3.43. The van der Waals surface area contributed by atoms with E-state index in [9.17, 15) is 0 Å². The number of anilines is 1. The van der Waals surface area contributed by atoms with E-state index in [4.69, 9.17) is 4.74 Å². The van der Waals surface area contributed by atoms with Crippen molar-refractivity contribution < 1.29 is 4.74 Å². The van der Waals surface area contributed by atoms with Crippen LogP contribution in [-0.2, 0) is 12.8 Å². The van der Waals surface area contributed by atoms with E-state index >= 15 is 0 Å². The summed E-state index contributed by atoms with van der Waals surface area (Å²) in [6.07, 6.45) is 3.31. The summed E-state index contributed by atoms with van der Waals surface area (Å²) in [5.41, 5.74) is 3.99. The van der Waals surface area contributed by atoms with Gasteiger partial charge < -0.3 is 10.1 Å². The van der Waals surface area contributed by atoms with Gasteiger partial charge in [0, 0.05) is 20.7 Å². The molecule has 1 aliphatic carbocycles. The summed E-state index contributed by atoms with van der Waals surface area (Å²) in [5.74, 6) is 0.944. The Morgan fingerprint density at radius 3 is 2.71 bits per heavy atom. The smallest absolute Gasteiger partial charge is 0.119 e. The average Bonchev–Trinajstić information content (AvgIpc) is 2.49. The van der Waals surface area contributed by atoms with Gasteiger partial charge in [0.15, 0.2) is 0 Å². The number of benzene rings is 2. The van der Waals surface area contributed by atoms with Crippen molar-refractivity contribution >= 4 is 37.5 Å². The molecule has 2 aromatic carbocycles. The molecule has 0 heterocycles. The fourth-order valence-electron chi connectivity index (χ4n) is 2.81. The summed E-state index contributed by atoms with van der Waals surface area (Å²) in [4.78, 5) is 0. The van der Waals surface area contributed by atoms with Gasteiger partial charge in [0.25, 0.3) is 0 Å². The van der Waals surface area contributed by atoms with Gasteiger partial charge in [-0.25, -0.2) is 0 Å². The van der Waals surface area contributed by atoms with E-state index in [1.54, 1.807) is 7.11 Å². The van der Waals surface area contributed by atoms with Crippen molar-refractivity contribution in [3.05, 3.63) is 56.5 Å².